The summed E-state index contributed by atoms with van der Waals surface area (Å²) >= 11 is 0. The first-order chi connectivity index (χ1) is 12.2. The maximum Gasteiger partial charge on any atom is 0.318 e. The van der Waals surface area contributed by atoms with Crippen molar-refractivity contribution in [1.29, 1.82) is 0 Å². The molecule has 4 rings (SSSR count). The van der Waals surface area contributed by atoms with Crippen LogP contribution in [-0.2, 0) is 4.74 Å². The average molecular weight is 338 g/mol. The zero-order chi connectivity index (χ0) is 17.2. The topological polar surface area (TPSA) is 97.8 Å². The second-order valence-electron chi connectivity index (χ2n) is 5.70. The van der Waals surface area contributed by atoms with Crippen molar-refractivity contribution in [3.05, 3.63) is 42.6 Å². The SMILES string of the molecule is NC(=O)Nc1nccc2nc(N3CCOCC3)c(-c3ccccc3)n12. The average Bonchev–Trinajstić information content (AvgIpc) is 3.03. The Balaban J connectivity index is 1.96. The standard InChI is InChI=1S/C17H18N6O2/c18-16(24)21-17-19-7-6-13-20-15(22-8-10-25-11-9-22)14(23(13)17)12-4-2-1-3-5-12/h1-7H,8-11H2,(H3,18,19,21,24). The predicted molar refractivity (Wildman–Crippen MR) is 94.7 cm³/mol. The van der Waals surface area contributed by atoms with E-state index in [9.17, 15) is 4.79 Å². The molecule has 1 fully saturated rings. The number of nitrogens with one attached hydrogen (secondary N) is 1. The molecule has 0 saturated carbocycles. The summed E-state index contributed by atoms with van der Waals surface area (Å²) in [5.41, 5.74) is 7.85. The number of primary amides is 1. The Bertz CT molecular complexity index is 902. The minimum absolute atomic E-state index is 0.343. The van der Waals surface area contributed by atoms with Gasteiger partial charge in [-0.25, -0.2) is 14.8 Å². The highest BCUT2D eigenvalue weighted by molar-refractivity contribution is 5.88. The van der Waals surface area contributed by atoms with E-state index in [-0.39, 0.29) is 0 Å². The van der Waals surface area contributed by atoms with Crippen LogP contribution in [0.4, 0.5) is 16.6 Å². The lowest BCUT2D eigenvalue weighted by molar-refractivity contribution is 0.122. The molecule has 8 nitrogen and oxygen atoms in total. The zero-order valence-corrected chi connectivity index (χ0v) is 13.6. The van der Waals surface area contributed by atoms with Crippen LogP contribution in [0, 0.1) is 0 Å². The van der Waals surface area contributed by atoms with Crippen molar-refractivity contribution in [3.8, 4) is 11.3 Å². The Morgan fingerprint density at radius 2 is 1.92 bits per heavy atom. The Kier molecular flexibility index (Phi) is 3.95. The van der Waals surface area contributed by atoms with E-state index in [0.29, 0.717) is 24.8 Å². The molecule has 3 heterocycles. The molecular formula is C17H18N6O2. The van der Waals surface area contributed by atoms with Crippen LogP contribution in [-0.4, -0.2) is 46.7 Å². The highest BCUT2D eigenvalue weighted by Crippen LogP contribution is 2.33. The summed E-state index contributed by atoms with van der Waals surface area (Å²) in [6.45, 7) is 2.84. The van der Waals surface area contributed by atoms with E-state index in [4.69, 9.17) is 15.5 Å². The number of carbonyl (C=O) groups excluding carboxylic acids is 1. The highest BCUT2D eigenvalue weighted by atomic mass is 16.5. The molecule has 3 aromatic rings. The van der Waals surface area contributed by atoms with Gasteiger partial charge in [0.05, 0.1) is 13.2 Å². The van der Waals surface area contributed by atoms with E-state index < -0.39 is 6.03 Å². The van der Waals surface area contributed by atoms with Gasteiger partial charge in [0.25, 0.3) is 0 Å². The molecule has 2 amide bonds. The second-order valence-corrected chi connectivity index (χ2v) is 5.70. The van der Waals surface area contributed by atoms with Crippen LogP contribution in [0.5, 0.6) is 0 Å². The second kappa shape index (κ2) is 6.40. The van der Waals surface area contributed by atoms with Crippen molar-refractivity contribution in [2.45, 2.75) is 0 Å². The summed E-state index contributed by atoms with van der Waals surface area (Å²) < 4.78 is 7.28. The predicted octanol–water partition coefficient (Wildman–Crippen LogP) is 1.72. The van der Waals surface area contributed by atoms with E-state index in [2.05, 4.69) is 15.2 Å². The molecule has 0 atom stereocenters. The molecule has 25 heavy (non-hydrogen) atoms. The third kappa shape index (κ3) is 2.87. The summed E-state index contributed by atoms with van der Waals surface area (Å²) in [6.07, 6.45) is 1.60. The number of nitrogens with zero attached hydrogens (tertiary/aromatic N) is 4. The summed E-state index contributed by atoms with van der Waals surface area (Å²) in [5.74, 6) is 1.19. The molecule has 128 valence electrons. The lowest BCUT2D eigenvalue weighted by Crippen LogP contribution is -2.36. The molecule has 1 aliphatic rings. The first-order valence-electron chi connectivity index (χ1n) is 8.06. The van der Waals surface area contributed by atoms with Gasteiger partial charge in [-0.3, -0.25) is 9.72 Å². The first kappa shape index (κ1) is 15.4. The number of ether oxygens (including phenoxy) is 1. The van der Waals surface area contributed by atoms with Crippen molar-refractivity contribution < 1.29 is 9.53 Å². The van der Waals surface area contributed by atoms with Gasteiger partial charge in [0.2, 0.25) is 5.95 Å². The highest BCUT2D eigenvalue weighted by Gasteiger charge is 2.23. The fourth-order valence-electron chi connectivity index (χ4n) is 3.03. The summed E-state index contributed by atoms with van der Waals surface area (Å²) in [7, 11) is 0. The first-order valence-corrected chi connectivity index (χ1v) is 8.06. The van der Waals surface area contributed by atoms with Crippen molar-refractivity contribution >= 4 is 23.4 Å². The van der Waals surface area contributed by atoms with E-state index in [0.717, 1.165) is 30.2 Å². The number of hydrogen-bond donors (Lipinski definition) is 2. The van der Waals surface area contributed by atoms with E-state index >= 15 is 0 Å². The molecular weight excluding hydrogens is 320 g/mol. The van der Waals surface area contributed by atoms with Gasteiger partial charge in [-0.1, -0.05) is 30.3 Å². The van der Waals surface area contributed by atoms with Crippen LogP contribution >= 0.6 is 0 Å². The number of urea groups is 1. The number of nitrogens with two attached hydrogens (primary N) is 1. The van der Waals surface area contributed by atoms with Gasteiger partial charge in [-0.15, -0.1) is 0 Å². The van der Waals surface area contributed by atoms with E-state index in [1.165, 1.54) is 0 Å². The van der Waals surface area contributed by atoms with Gasteiger partial charge in [-0.05, 0) is 6.07 Å². The number of hydrogen-bond acceptors (Lipinski definition) is 5. The zero-order valence-electron chi connectivity index (χ0n) is 13.6. The molecule has 0 unspecified atom stereocenters. The Hall–Kier alpha value is -3.13. The quantitative estimate of drug-likeness (QED) is 0.758. The summed E-state index contributed by atoms with van der Waals surface area (Å²) in [4.78, 5) is 22.6. The number of imidazole rings is 1. The third-order valence-electron chi connectivity index (χ3n) is 4.11. The normalized spacial score (nSPS) is 14.6. The maximum atomic E-state index is 11.4. The number of rotatable bonds is 3. The molecule has 0 radical (unpaired) electrons. The molecule has 0 bridgehead atoms. The molecule has 1 saturated heterocycles. The maximum absolute atomic E-state index is 11.4. The summed E-state index contributed by atoms with van der Waals surface area (Å²) in [6, 6.07) is 11.1. The van der Waals surface area contributed by atoms with Crippen molar-refractivity contribution in [2.75, 3.05) is 36.5 Å². The Labute approximate surface area is 144 Å². The van der Waals surface area contributed by atoms with Crippen molar-refractivity contribution in [3.63, 3.8) is 0 Å². The minimum Gasteiger partial charge on any atom is -0.378 e. The van der Waals surface area contributed by atoms with Crippen molar-refractivity contribution in [1.82, 2.24) is 14.4 Å². The number of aromatic nitrogens is 3. The third-order valence-corrected chi connectivity index (χ3v) is 4.11. The molecule has 1 aromatic carbocycles. The fourth-order valence-corrected chi connectivity index (χ4v) is 3.03. The smallest absolute Gasteiger partial charge is 0.318 e. The van der Waals surface area contributed by atoms with Crippen LogP contribution < -0.4 is 16.0 Å². The number of anilines is 2. The van der Waals surface area contributed by atoms with Crippen molar-refractivity contribution in [2.24, 2.45) is 5.73 Å². The monoisotopic (exact) mass is 338 g/mol. The van der Waals surface area contributed by atoms with Crippen LogP contribution in [0.25, 0.3) is 16.9 Å². The number of morpholine rings is 1. The van der Waals surface area contributed by atoms with Gasteiger partial charge in [0, 0.05) is 24.8 Å². The number of amides is 2. The largest absolute Gasteiger partial charge is 0.378 e. The van der Waals surface area contributed by atoms with E-state index in [1.54, 1.807) is 6.20 Å². The summed E-state index contributed by atoms with van der Waals surface area (Å²) in [5, 5.41) is 2.58. The van der Waals surface area contributed by atoms with Crippen LogP contribution in [0.1, 0.15) is 0 Å². The van der Waals surface area contributed by atoms with Crippen LogP contribution in [0.2, 0.25) is 0 Å². The Morgan fingerprint density at radius 3 is 2.64 bits per heavy atom. The van der Waals surface area contributed by atoms with E-state index in [1.807, 2.05) is 40.8 Å². The molecule has 2 aromatic heterocycles. The van der Waals surface area contributed by atoms with Gasteiger partial charge in [0.1, 0.15) is 11.3 Å². The fraction of sp³-hybridized carbons (Fsp3) is 0.235. The molecule has 0 spiro atoms. The molecule has 3 N–H and O–H groups in total. The Morgan fingerprint density at radius 1 is 1.16 bits per heavy atom. The number of carbonyl (C=O) groups is 1. The minimum atomic E-state index is -0.666. The number of benzene rings is 1. The van der Waals surface area contributed by atoms with Crippen LogP contribution in [0.3, 0.4) is 0 Å². The van der Waals surface area contributed by atoms with Gasteiger partial charge in [-0.2, -0.15) is 0 Å². The van der Waals surface area contributed by atoms with Gasteiger partial charge < -0.3 is 15.4 Å². The lowest BCUT2D eigenvalue weighted by Gasteiger charge is -2.27. The molecule has 1 aliphatic heterocycles. The molecule has 8 heteroatoms. The molecule has 0 aliphatic carbocycles. The lowest BCUT2D eigenvalue weighted by atomic mass is 10.1. The van der Waals surface area contributed by atoms with Gasteiger partial charge >= 0.3 is 6.03 Å². The van der Waals surface area contributed by atoms with Gasteiger partial charge in [0.15, 0.2) is 5.82 Å². The number of fused-ring (bicyclic) bond motifs is 1. The van der Waals surface area contributed by atoms with Crippen LogP contribution in [0.15, 0.2) is 42.6 Å².